The first-order valence-corrected chi connectivity index (χ1v) is 10.6. The highest BCUT2D eigenvalue weighted by Crippen LogP contribution is 2.31. The van der Waals surface area contributed by atoms with Crippen molar-refractivity contribution in [3.8, 4) is 17.2 Å². The van der Waals surface area contributed by atoms with Gasteiger partial charge in [0, 0.05) is 17.2 Å². The van der Waals surface area contributed by atoms with Crippen LogP contribution in [0.5, 0.6) is 17.2 Å². The molecule has 0 N–H and O–H groups in total. The van der Waals surface area contributed by atoms with E-state index in [9.17, 15) is 4.79 Å². The summed E-state index contributed by atoms with van der Waals surface area (Å²) in [4.78, 5) is 12.6. The number of ether oxygens (including phenoxy) is 3. The van der Waals surface area contributed by atoms with Gasteiger partial charge in [-0.25, -0.2) is 0 Å². The van der Waals surface area contributed by atoms with Gasteiger partial charge in [-0.05, 0) is 47.9 Å². The molecule has 0 atom stereocenters. The van der Waals surface area contributed by atoms with Gasteiger partial charge in [-0.2, -0.15) is 0 Å². The Labute approximate surface area is 189 Å². The Morgan fingerprint density at radius 1 is 0.844 bits per heavy atom. The lowest BCUT2D eigenvalue weighted by atomic mass is 10.0. The fourth-order valence-electron chi connectivity index (χ4n) is 3.16. The van der Waals surface area contributed by atoms with Gasteiger partial charge in [0.25, 0.3) is 0 Å². The largest absolute Gasteiger partial charge is 0.497 e. The van der Waals surface area contributed by atoms with Crippen molar-refractivity contribution < 1.29 is 19.0 Å². The lowest BCUT2D eigenvalue weighted by Crippen LogP contribution is -1.96. The summed E-state index contributed by atoms with van der Waals surface area (Å²) in [6, 6.07) is 20.8. The maximum absolute atomic E-state index is 12.6. The molecule has 0 radical (unpaired) electrons. The number of hydrogen-bond acceptors (Lipinski definition) is 4. The van der Waals surface area contributed by atoms with Crippen LogP contribution in [0.25, 0.3) is 18.2 Å². The van der Waals surface area contributed by atoms with Crippen molar-refractivity contribution in [3.05, 3.63) is 95.1 Å². The Kier molecular flexibility index (Phi) is 8.27. The third-order valence-electron chi connectivity index (χ3n) is 4.87. The van der Waals surface area contributed by atoms with Crippen LogP contribution in [0.3, 0.4) is 0 Å². The minimum atomic E-state index is -0.0685. The Morgan fingerprint density at radius 3 is 2.25 bits per heavy atom. The molecule has 3 rings (SSSR count). The van der Waals surface area contributed by atoms with E-state index in [-0.39, 0.29) is 5.78 Å². The highest BCUT2D eigenvalue weighted by atomic mass is 16.5. The number of allylic oxidation sites excluding steroid dienone is 1. The van der Waals surface area contributed by atoms with Crippen molar-refractivity contribution in [3.63, 3.8) is 0 Å². The van der Waals surface area contributed by atoms with Gasteiger partial charge in [0.2, 0.25) is 0 Å². The molecule has 0 aliphatic heterocycles. The first kappa shape index (κ1) is 22.9. The number of rotatable bonds is 10. The molecule has 0 unspecified atom stereocenters. The second kappa shape index (κ2) is 11.6. The van der Waals surface area contributed by atoms with Crippen LogP contribution in [0.1, 0.15) is 40.4 Å². The minimum Gasteiger partial charge on any atom is -0.497 e. The molecule has 0 aliphatic rings. The number of ketones is 1. The standard InChI is InChI=1S/C28H28O4/c1-4-18-32-24-14-11-21(12-15-24)10-13-23-19-25(30-2)20-28(31-3)26(23)16-17-27(29)22-8-6-5-7-9-22/h5-17,19-20H,4,18H2,1-3H3/b13-10+,17-16+. The lowest BCUT2D eigenvalue weighted by molar-refractivity contribution is 0.104. The zero-order valence-corrected chi connectivity index (χ0v) is 18.7. The Balaban J connectivity index is 1.91. The van der Waals surface area contributed by atoms with Crippen LogP contribution in [-0.4, -0.2) is 26.6 Å². The monoisotopic (exact) mass is 428 g/mol. The number of carbonyl (C=O) groups excluding carboxylic acids is 1. The van der Waals surface area contributed by atoms with Crippen LogP contribution in [0.15, 0.2) is 72.8 Å². The molecule has 0 heterocycles. The summed E-state index contributed by atoms with van der Waals surface area (Å²) in [7, 11) is 3.22. The van der Waals surface area contributed by atoms with E-state index in [0.717, 1.165) is 28.9 Å². The predicted molar refractivity (Wildman–Crippen MR) is 131 cm³/mol. The quantitative estimate of drug-likeness (QED) is 0.208. The second-order valence-corrected chi connectivity index (χ2v) is 7.15. The molecule has 0 aliphatic carbocycles. The van der Waals surface area contributed by atoms with Crippen molar-refractivity contribution >= 4 is 24.0 Å². The molecule has 0 spiro atoms. The maximum Gasteiger partial charge on any atom is 0.185 e. The third-order valence-corrected chi connectivity index (χ3v) is 4.87. The molecule has 0 bridgehead atoms. The van der Waals surface area contributed by atoms with Crippen molar-refractivity contribution in [2.75, 3.05) is 20.8 Å². The fourth-order valence-corrected chi connectivity index (χ4v) is 3.16. The van der Waals surface area contributed by atoms with Gasteiger partial charge in [-0.1, -0.05) is 61.5 Å². The predicted octanol–water partition coefficient (Wildman–Crippen LogP) is 6.56. The van der Waals surface area contributed by atoms with E-state index >= 15 is 0 Å². The average molecular weight is 429 g/mol. The first-order chi connectivity index (χ1) is 15.6. The topological polar surface area (TPSA) is 44.8 Å². The maximum atomic E-state index is 12.6. The van der Waals surface area contributed by atoms with E-state index < -0.39 is 0 Å². The molecule has 0 saturated carbocycles. The van der Waals surface area contributed by atoms with E-state index in [1.165, 1.54) is 0 Å². The Hall–Kier alpha value is -3.79. The van der Waals surface area contributed by atoms with Crippen molar-refractivity contribution in [2.24, 2.45) is 0 Å². The SMILES string of the molecule is CCCOc1ccc(/C=C/c2cc(OC)cc(OC)c2/C=C/C(=O)c2ccccc2)cc1. The molecule has 0 amide bonds. The van der Waals surface area contributed by atoms with Gasteiger partial charge in [0.05, 0.1) is 20.8 Å². The zero-order chi connectivity index (χ0) is 22.8. The average Bonchev–Trinajstić information content (AvgIpc) is 2.85. The molecular formula is C28H28O4. The number of methoxy groups -OCH3 is 2. The van der Waals surface area contributed by atoms with Gasteiger partial charge in [0.1, 0.15) is 17.2 Å². The molecule has 0 fully saturated rings. The van der Waals surface area contributed by atoms with Crippen LogP contribution >= 0.6 is 0 Å². The van der Waals surface area contributed by atoms with Crippen molar-refractivity contribution in [2.45, 2.75) is 13.3 Å². The van der Waals surface area contributed by atoms with Crippen molar-refractivity contribution in [1.82, 2.24) is 0 Å². The van der Waals surface area contributed by atoms with Crippen LogP contribution < -0.4 is 14.2 Å². The summed E-state index contributed by atoms with van der Waals surface area (Å²) in [6.45, 7) is 2.79. The highest BCUT2D eigenvalue weighted by Gasteiger charge is 2.10. The summed E-state index contributed by atoms with van der Waals surface area (Å²) in [5.41, 5.74) is 3.35. The van der Waals surface area contributed by atoms with Crippen LogP contribution in [-0.2, 0) is 0 Å². The number of carbonyl (C=O) groups is 1. The minimum absolute atomic E-state index is 0.0685. The van der Waals surface area contributed by atoms with Gasteiger partial charge in [0.15, 0.2) is 5.78 Å². The molecule has 3 aromatic carbocycles. The number of hydrogen-bond donors (Lipinski definition) is 0. The second-order valence-electron chi connectivity index (χ2n) is 7.15. The van der Waals surface area contributed by atoms with Gasteiger partial charge >= 0.3 is 0 Å². The third kappa shape index (κ3) is 6.11. The molecule has 3 aromatic rings. The van der Waals surface area contributed by atoms with Gasteiger partial charge in [-0.3, -0.25) is 4.79 Å². The summed E-state index contributed by atoms with van der Waals surface area (Å²) in [6.07, 6.45) is 8.32. The summed E-state index contributed by atoms with van der Waals surface area (Å²) < 4.78 is 16.7. The van der Waals surface area contributed by atoms with E-state index in [2.05, 4.69) is 6.92 Å². The number of benzene rings is 3. The van der Waals surface area contributed by atoms with Crippen LogP contribution in [0.4, 0.5) is 0 Å². The van der Waals surface area contributed by atoms with Gasteiger partial charge in [-0.15, -0.1) is 0 Å². The molecule has 164 valence electrons. The van der Waals surface area contributed by atoms with E-state index in [1.54, 1.807) is 38.5 Å². The van der Waals surface area contributed by atoms with E-state index in [0.29, 0.717) is 23.7 Å². The first-order valence-electron chi connectivity index (χ1n) is 10.6. The smallest absolute Gasteiger partial charge is 0.185 e. The summed E-state index contributed by atoms with van der Waals surface area (Å²) in [5, 5.41) is 0. The lowest BCUT2D eigenvalue weighted by Gasteiger charge is -2.11. The van der Waals surface area contributed by atoms with Gasteiger partial charge < -0.3 is 14.2 Å². The normalized spacial score (nSPS) is 11.1. The molecule has 4 heteroatoms. The van der Waals surface area contributed by atoms with Crippen molar-refractivity contribution in [1.29, 1.82) is 0 Å². The van der Waals surface area contributed by atoms with E-state index in [4.69, 9.17) is 14.2 Å². The Morgan fingerprint density at radius 2 is 1.59 bits per heavy atom. The fraction of sp³-hybridized carbons (Fsp3) is 0.179. The van der Waals surface area contributed by atoms with Crippen LogP contribution in [0.2, 0.25) is 0 Å². The molecule has 0 saturated heterocycles. The van der Waals surface area contributed by atoms with Crippen LogP contribution in [0, 0.1) is 0 Å². The molecular weight excluding hydrogens is 400 g/mol. The molecule has 4 nitrogen and oxygen atoms in total. The zero-order valence-electron chi connectivity index (χ0n) is 18.7. The molecule has 0 aromatic heterocycles. The summed E-state index contributed by atoms with van der Waals surface area (Å²) >= 11 is 0. The van der Waals surface area contributed by atoms with E-state index in [1.807, 2.05) is 66.7 Å². The summed E-state index contributed by atoms with van der Waals surface area (Å²) in [5.74, 6) is 2.09. The highest BCUT2D eigenvalue weighted by molar-refractivity contribution is 6.07. The molecule has 32 heavy (non-hydrogen) atoms. The Bertz CT molecular complexity index is 1080.